The number of rotatable bonds is 11. The van der Waals surface area contributed by atoms with Gasteiger partial charge in [-0.05, 0) is 50.0 Å². The molecule has 0 aromatic heterocycles. The highest BCUT2D eigenvalue weighted by Crippen LogP contribution is 2.31. The molecule has 2 unspecified atom stereocenters. The number of hydrogen-bond acceptors (Lipinski definition) is 8. The van der Waals surface area contributed by atoms with Crippen LogP contribution in [0, 0.1) is 11.8 Å². The van der Waals surface area contributed by atoms with Crippen LogP contribution < -0.4 is 33.2 Å². The van der Waals surface area contributed by atoms with Gasteiger partial charge in [-0.1, -0.05) is 99.5 Å². The molecule has 1 aliphatic heterocycles. The van der Waals surface area contributed by atoms with Crippen molar-refractivity contribution < 1.29 is 33.6 Å². The van der Waals surface area contributed by atoms with E-state index in [2.05, 4.69) is 20.9 Å². The van der Waals surface area contributed by atoms with Gasteiger partial charge in [-0.15, -0.1) is 0 Å². The average molecular weight is 784 g/mol. The molecule has 4 atom stereocenters. The first-order valence-electron chi connectivity index (χ1n) is 20.1. The van der Waals surface area contributed by atoms with Crippen LogP contribution in [-0.4, -0.2) is 71.6 Å². The smallest absolute Gasteiger partial charge is 0.244 e. The minimum absolute atomic E-state index is 0.116. The predicted octanol–water partition coefficient (Wildman–Crippen LogP) is 3.09. The van der Waals surface area contributed by atoms with Gasteiger partial charge >= 0.3 is 0 Å². The van der Waals surface area contributed by atoms with E-state index in [0.29, 0.717) is 43.2 Å². The molecule has 2 aliphatic rings. The van der Waals surface area contributed by atoms with Crippen molar-refractivity contribution in [2.45, 2.75) is 114 Å². The van der Waals surface area contributed by atoms with Crippen molar-refractivity contribution in [3.05, 3.63) is 83.4 Å². The second-order valence-electron chi connectivity index (χ2n) is 15.1. The Kier molecular flexibility index (Phi) is 17.6. The Morgan fingerprint density at radius 3 is 1.98 bits per heavy atom. The van der Waals surface area contributed by atoms with Gasteiger partial charge in [0.1, 0.15) is 6.04 Å². The van der Waals surface area contributed by atoms with Crippen LogP contribution >= 0.6 is 0 Å². The number of nitrogens with two attached hydrogens (primary N) is 3. The van der Waals surface area contributed by atoms with Gasteiger partial charge in [0, 0.05) is 48.6 Å². The fraction of sp³-hybridized carbons (Fsp3) is 0.488. The number of primary amides is 1. The predicted molar refractivity (Wildman–Crippen MR) is 216 cm³/mol. The molecule has 57 heavy (non-hydrogen) atoms. The zero-order chi connectivity index (χ0) is 41.2. The highest BCUT2D eigenvalue weighted by Gasteiger charge is 2.32. The van der Waals surface area contributed by atoms with E-state index in [1.165, 1.54) is 0 Å². The van der Waals surface area contributed by atoms with Crippen LogP contribution in [-0.2, 0) is 35.2 Å². The SMILES string of the molecule is NC(=O)C1CCCCCC(=O)C(Cc2ccc(C(=O)c3ccccc3)cc2)NC(=O)[C@H](CC2CCCCC2)CC(=O)[C@H](CCCN=C(N)N)NC(=O)/C=C\C(=O)N1. The average Bonchev–Trinajstić information content (AvgIpc) is 3.20. The van der Waals surface area contributed by atoms with E-state index in [0.717, 1.165) is 49.8 Å². The lowest BCUT2D eigenvalue weighted by molar-refractivity contribution is -0.134. The number of guanidine groups is 1. The van der Waals surface area contributed by atoms with E-state index in [1.54, 1.807) is 48.5 Å². The Hall–Kier alpha value is -5.66. The first-order valence-corrected chi connectivity index (χ1v) is 20.1. The van der Waals surface area contributed by atoms with E-state index in [-0.39, 0.29) is 67.9 Å². The van der Waals surface area contributed by atoms with E-state index in [9.17, 15) is 33.6 Å². The Morgan fingerprint density at radius 2 is 1.32 bits per heavy atom. The topological polar surface area (TPSA) is 246 Å². The van der Waals surface area contributed by atoms with Crippen LogP contribution in [0.5, 0.6) is 0 Å². The molecule has 4 amide bonds. The molecule has 1 aliphatic carbocycles. The molecule has 4 rings (SSSR count). The molecular formula is C43H57N7O7. The lowest BCUT2D eigenvalue weighted by Gasteiger charge is -2.28. The number of amides is 4. The Bertz CT molecular complexity index is 1770. The van der Waals surface area contributed by atoms with E-state index >= 15 is 0 Å². The highest BCUT2D eigenvalue weighted by molar-refractivity contribution is 6.09. The quantitative estimate of drug-likeness (QED) is 0.0847. The van der Waals surface area contributed by atoms with Crippen molar-refractivity contribution in [2.75, 3.05) is 6.54 Å². The molecule has 306 valence electrons. The number of nitrogens with zero attached hydrogens (tertiary/aromatic N) is 1. The number of aliphatic imine (C=N–C) groups is 1. The fourth-order valence-electron chi connectivity index (χ4n) is 7.50. The molecular weight excluding hydrogens is 727 g/mol. The maximum absolute atomic E-state index is 14.3. The van der Waals surface area contributed by atoms with Crippen LogP contribution in [0.4, 0.5) is 0 Å². The molecule has 2 aromatic carbocycles. The standard InChI is InChI=1S/C43H57N7O7/c44-41(56)34-15-8-3-9-17-36(51)35(26-29-18-20-31(21-19-29)40(55)30-13-6-2-7-14-30)50-42(57)32(25-28-11-4-1-5-12-28)27-37(52)33(16-10-24-47-43(45)46)48-38(53)22-23-39(54)49-34/h2,6-7,13-14,18-23,28,32-35H,1,3-5,8-12,15-17,24-27H2,(H2,44,56)(H,48,53)(H,49,54)(H,50,57)(H4,45,46,47)/b23-22-/t32-,33+,34?,35?/m1/s1. The number of Topliss-reactive ketones (excluding diaryl/α,β-unsaturated/α-hetero) is 2. The summed E-state index contributed by atoms with van der Waals surface area (Å²) in [5.74, 6) is -3.96. The zero-order valence-corrected chi connectivity index (χ0v) is 32.6. The summed E-state index contributed by atoms with van der Waals surface area (Å²) in [6, 6.07) is 12.9. The first-order chi connectivity index (χ1) is 27.4. The van der Waals surface area contributed by atoms with Gasteiger partial charge in [0.05, 0.1) is 12.1 Å². The number of benzene rings is 2. The number of nitrogens with one attached hydrogen (secondary N) is 3. The number of carbonyl (C=O) groups is 7. The molecule has 14 heteroatoms. The monoisotopic (exact) mass is 783 g/mol. The molecule has 1 heterocycles. The van der Waals surface area contributed by atoms with Crippen molar-refractivity contribution >= 4 is 46.9 Å². The molecule has 0 radical (unpaired) electrons. The number of carbonyl (C=O) groups excluding carboxylic acids is 7. The van der Waals surface area contributed by atoms with Crippen LogP contribution in [0.2, 0.25) is 0 Å². The largest absolute Gasteiger partial charge is 0.370 e. The Labute approximate surface area is 334 Å². The van der Waals surface area contributed by atoms with Gasteiger partial charge in [-0.2, -0.15) is 0 Å². The molecule has 0 spiro atoms. The number of hydrogen-bond donors (Lipinski definition) is 6. The van der Waals surface area contributed by atoms with Gasteiger partial charge in [-0.3, -0.25) is 38.6 Å². The van der Waals surface area contributed by atoms with E-state index in [4.69, 9.17) is 17.2 Å². The number of ketones is 3. The first kappa shape index (κ1) is 44.1. The lowest BCUT2D eigenvalue weighted by Crippen LogP contribution is -2.47. The highest BCUT2D eigenvalue weighted by atomic mass is 16.2. The van der Waals surface area contributed by atoms with Gasteiger partial charge in [-0.25, -0.2) is 0 Å². The zero-order valence-electron chi connectivity index (χ0n) is 32.6. The summed E-state index contributed by atoms with van der Waals surface area (Å²) in [5.41, 5.74) is 18.3. The van der Waals surface area contributed by atoms with Gasteiger partial charge < -0.3 is 33.2 Å². The summed E-state index contributed by atoms with van der Waals surface area (Å²) in [6.45, 7) is 0.200. The van der Waals surface area contributed by atoms with Gasteiger partial charge in [0.25, 0.3) is 0 Å². The molecule has 0 bridgehead atoms. The summed E-state index contributed by atoms with van der Waals surface area (Å²) in [6.07, 6.45) is 9.74. The van der Waals surface area contributed by atoms with Crippen molar-refractivity contribution in [2.24, 2.45) is 34.0 Å². The summed E-state index contributed by atoms with van der Waals surface area (Å²) >= 11 is 0. The van der Waals surface area contributed by atoms with Gasteiger partial charge in [0.2, 0.25) is 23.6 Å². The van der Waals surface area contributed by atoms with E-state index in [1.807, 2.05) is 6.07 Å². The molecule has 9 N–H and O–H groups in total. The minimum Gasteiger partial charge on any atom is -0.370 e. The molecule has 0 saturated heterocycles. The Morgan fingerprint density at radius 1 is 0.684 bits per heavy atom. The van der Waals surface area contributed by atoms with Crippen LogP contribution in [0.25, 0.3) is 0 Å². The lowest BCUT2D eigenvalue weighted by atomic mass is 9.80. The van der Waals surface area contributed by atoms with Crippen molar-refractivity contribution in [3.63, 3.8) is 0 Å². The summed E-state index contributed by atoms with van der Waals surface area (Å²) in [5, 5.41) is 8.21. The van der Waals surface area contributed by atoms with Gasteiger partial charge in [0.15, 0.2) is 23.3 Å². The third-order valence-electron chi connectivity index (χ3n) is 10.7. The fourth-order valence-corrected chi connectivity index (χ4v) is 7.50. The third-order valence-corrected chi connectivity index (χ3v) is 10.7. The van der Waals surface area contributed by atoms with Crippen molar-refractivity contribution in [1.29, 1.82) is 0 Å². The van der Waals surface area contributed by atoms with E-state index < -0.39 is 47.7 Å². The van der Waals surface area contributed by atoms with Crippen molar-refractivity contribution in [1.82, 2.24) is 16.0 Å². The van der Waals surface area contributed by atoms with Crippen LogP contribution in [0.1, 0.15) is 111 Å². The maximum Gasteiger partial charge on any atom is 0.244 e. The molecule has 2 aromatic rings. The summed E-state index contributed by atoms with van der Waals surface area (Å²) in [7, 11) is 0. The van der Waals surface area contributed by atoms with Crippen LogP contribution in [0.3, 0.4) is 0 Å². The normalized spacial score (nSPS) is 23.0. The third kappa shape index (κ3) is 15.1. The Balaban J connectivity index is 1.62. The van der Waals surface area contributed by atoms with Crippen molar-refractivity contribution in [3.8, 4) is 0 Å². The minimum atomic E-state index is -1.03. The van der Waals surface area contributed by atoms with Crippen LogP contribution in [0.15, 0.2) is 71.7 Å². The molecule has 1 saturated carbocycles. The second kappa shape index (κ2) is 22.8. The molecule has 14 nitrogen and oxygen atoms in total. The summed E-state index contributed by atoms with van der Waals surface area (Å²) in [4.78, 5) is 97.1. The summed E-state index contributed by atoms with van der Waals surface area (Å²) < 4.78 is 0. The molecule has 1 fully saturated rings. The second-order valence-corrected chi connectivity index (χ2v) is 15.1. The maximum atomic E-state index is 14.3.